The summed E-state index contributed by atoms with van der Waals surface area (Å²) in [6, 6.07) is 0. The number of hydrogen-bond acceptors (Lipinski definition) is 2. The molecule has 2 aromatic heterocycles. The summed E-state index contributed by atoms with van der Waals surface area (Å²) in [5.74, 6) is 1.01. The van der Waals surface area contributed by atoms with Gasteiger partial charge in [0.25, 0.3) is 0 Å². The Morgan fingerprint density at radius 3 is 2.67 bits per heavy atom. The number of halogens is 2. The molecule has 3 nitrogen and oxygen atoms in total. The molecule has 80 valence electrons. The fraction of sp³-hybridized carbons (Fsp3) is 0.400. The van der Waals surface area contributed by atoms with Gasteiger partial charge >= 0.3 is 0 Å². The predicted octanol–water partition coefficient (Wildman–Crippen LogP) is 3.28. The summed E-state index contributed by atoms with van der Waals surface area (Å²) in [5.41, 5.74) is 0.890. The quantitative estimate of drug-likeness (QED) is 0.692. The van der Waals surface area contributed by atoms with Crippen molar-refractivity contribution in [1.82, 2.24) is 14.4 Å². The first-order chi connectivity index (χ1) is 6.91. The molecule has 0 aromatic carbocycles. The molecule has 0 N–H and O–H groups in total. The Kier molecular flexibility index (Phi) is 2.66. The lowest BCUT2D eigenvalue weighted by Gasteiger charge is -2.16. The molecule has 2 aromatic rings. The van der Waals surface area contributed by atoms with Crippen LogP contribution in [0, 0.1) is 3.70 Å². The second-order valence-corrected chi connectivity index (χ2v) is 5.79. The van der Waals surface area contributed by atoms with Gasteiger partial charge in [-0.15, -0.1) is 0 Å². The molecule has 0 unspecified atom stereocenters. The monoisotopic (exact) mass is 335 g/mol. The topological polar surface area (TPSA) is 30.2 Å². The maximum atomic E-state index is 6.05. The lowest BCUT2D eigenvalue weighted by Crippen LogP contribution is -2.15. The van der Waals surface area contributed by atoms with Gasteiger partial charge in [-0.25, -0.2) is 9.97 Å². The van der Waals surface area contributed by atoms with Crippen LogP contribution in [-0.2, 0) is 5.41 Å². The molecule has 0 atom stereocenters. The van der Waals surface area contributed by atoms with E-state index in [9.17, 15) is 0 Å². The van der Waals surface area contributed by atoms with Crippen LogP contribution < -0.4 is 0 Å². The summed E-state index contributed by atoms with van der Waals surface area (Å²) < 4.78 is 2.91. The third-order valence-corrected chi connectivity index (χ3v) is 3.17. The number of rotatable bonds is 0. The zero-order chi connectivity index (χ0) is 11.2. The largest absolute Gasteiger partial charge is 0.298 e. The lowest BCUT2D eigenvalue weighted by molar-refractivity contribution is 0.542. The summed E-state index contributed by atoms with van der Waals surface area (Å²) in [4.78, 5) is 8.61. The van der Waals surface area contributed by atoms with Gasteiger partial charge < -0.3 is 0 Å². The highest BCUT2D eigenvalue weighted by atomic mass is 127. The van der Waals surface area contributed by atoms with E-state index in [4.69, 9.17) is 11.6 Å². The third-order valence-electron chi connectivity index (χ3n) is 2.14. The second kappa shape index (κ2) is 3.59. The van der Waals surface area contributed by atoms with Crippen molar-refractivity contribution in [1.29, 1.82) is 0 Å². The maximum Gasteiger partial charge on any atom is 0.155 e. The van der Waals surface area contributed by atoms with Crippen molar-refractivity contribution in [2.24, 2.45) is 0 Å². The lowest BCUT2D eigenvalue weighted by atomic mass is 9.96. The summed E-state index contributed by atoms with van der Waals surface area (Å²) in [6.07, 6.45) is 3.60. The first-order valence-electron chi connectivity index (χ1n) is 4.60. The third kappa shape index (κ3) is 1.85. The van der Waals surface area contributed by atoms with Gasteiger partial charge in [0.1, 0.15) is 15.0 Å². The zero-order valence-corrected chi connectivity index (χ0v) is 11.7. The molecular formula is C10H11ClIN3. The predicted molar refractivity (Wildman–Crippen MR) is 69.4 cm³/mol. The van der Waals surface area contributed by atoms with E-state index in [0.717, 1.165) is 15.0 Å². The molecule has 0 spiro atoms. The molecule has 2 rings (SSSR count). The van der Waals surface area contributed by atoms with Gasteiger partial charge in [-0.1, -0.05) is 32.4 Å². The first kappa shape index (κ1) is 11.1. The van der Waals surface area contributed by atoms with Gasteiger partial charge in [-0.05, 0) is 22.6 Å². The van der Waals surface area contributed by atoms with E-state index < -0.39 is 0 Å². The van der Waals surface area contributed by atoms with Gasteiger partial charge in [0, 0.05) is 17.8 Å². The average Bonchev–Trinajstić information content (AvgIpc) is 2.44. The minimum atomic E-state index is -0.00296. The molecule has 0 bridgehead atoms. The number of aromatic nitrogens is 3. The number of imidazole rings is 1. The second-order valence-electron chi connectivity index (χ2n) is 4.41. The Bertz CT molecular complexity index is 513. The van der Waals surface area contributed by atoms with Gasteiger partial charge in [-0.3, -0.25) is 4.40 Å². The van der Waals surface area contributed by atoms with E-state index in [0.29, 0.717) is 5.15 Å². The number of nitrogens with zero attached hydrogens (tertiary/aromatic N) is 3. The molecule has 2 heterocycles. The van der Waals surface area contributed by atoms with E-state index in [-0.39, 0.29) is 5.41 Å². The highest BCUT2D eigenvalue weighted by molar-refractivity contribution is 14.1. The Hall–Kier alpha value is -0.360. The Balaban J connectivity index is 2.85. The molecule has 0 aliphatic heterocycles. The van der Waals surface area contributed by atoms with E-state index in [1.807, 2.05) is 10.6 Å². The van der Waals surface area contributed by atoms with E-state index in [1.165, 1.54) is 0 Å². The van der Waals surface area contributed by atoms with Gasteiger partial charge in [0.05, 0.1) is 0 Å². The fourth-order valence-electron chi connectivity index (χ4n) is 1.49. The van der Waals surface area contributed by atoms with Crippen molar-refractivity contribution in [2.45, 2.75) is 26.2 Å². The van der Waals surface area contributed by atoms with E-state index >= 15 is 0 Å². The van der Waals surface area contributed by atoms with Crippen LogP contribution in [0.1, 0.15) is 26.6 Å². The molecule has 0 radical (unpaired) electrons. The van der Waals surface area contributed by atoms with Crippen molar-refractivity contribution in [3.05, 3.63) is 27.1 Å². The molecule has 0 amide bonds. The molecule has 0 saturated carbocycles. The minimum Gasteiger partial charge on any atom is -0.298 e. The summed E-state index contributed by atoms with van der Waals surface area (Å²) in [6.45, 7) is 6.39. The van der Waals surface area contributed by atoms with Crippen LogP contribution in [0.4, 0.5) is 0 Å². The standard InChI is InChI=1S/C10H11ClIN3/c1-10(2,3)9-14-8(12)6-7(11)13-4-5-15(6)9/h4-5H,1-3H3. The zero-order valence-electron chi connectivity index (χ0n) is 8.75. The molecule has 0 fully saturated rings. The normalized spacial score (nSPS) is 12.3. The van der Waals surface area contributed by atoms with Crippen LogP contribution >= 0.6 is 34.2 Å². The fourth-order valence-corrected chi connectivity index (χ4v) is 2.63. The highest BCUT2D eigenvalue weighted by Crippen LogP contribution is 2.27. The Labute approximate surface area is 107 Å². The molecule has 0 saturated heterocycles. The Morgan fingerprint density at radius 2 is 2.07 bits per heavy atom. The molecule has 5 heteroatoms. The highest BCUT2D eigenvalue weighted by Gasteiger charge is 2.22. The smallest absolute Gasteiger partial charge is 0.155 e. The van der Waals surface area contributed by atoms with Crippen molar-refractivity contribution in [3.8, 4) is 0 Å². The van der Waals surface area contributed by atoms with Crippen LogP contribution in [0.3, 0.4) is 0 Å². The average molecular weight is 336 g/mol. The molecule has 0 aliphatic rings. The molecule has 0 aliphatic carbocycles. The number of hydrogen-bond donors (Lipinski definition) is 0. The summed E-state index contributed by atoms with van der Waals surface area (Å²) >= 11 is 8.24. The van der Waals surface area contributed by atoms with Gasteiger partial charge in [0.15, 0.2) is 5.15 Å². The first-order valence-corrected chi connectivity index (χ1v) is 6.05. The van der Waals surface area contributed by atoms with Crippen molar-refractivity contribution in [2.75, 3.05) is 0 Å². The van der Waals surface area contributed by atoms with Crippen molar-refractivity contribution >= 4 is 39.7 Å². The SMILES string of the molecule is CC(C)(C)c1nc(I)c2c(Cl)nccn12. The van der Waals surface area contributed by atoms with E-state index in [2.05, 4.69) is 53.3 Å². The van der Waals surface area contributed by atoms with Crippen LogP contribution in [0.25, 0.3) is 5.52 Å². The van der Waals surface area contributed by atoms with Gasteiger partial charge in [-0.2, -0.15) is 0 Å². The van der Waals surface area contributed by atoms with Crippen LogP contribution in [-0.4, -0.2) is 14.4 Å². The summed E-state index contributed by atoms with van der Waals surface area (Å²) in [5, 5.41) is 0.505. The van der Waals surface area contributed by atoms with Crippen LogP contribution in [0.2, 0.25) is 5.15 Å². The maximum absolute atomic E-state index is 6.05. The van der Waals surface area contributed by atoms with Crippen molar-refractivity contribution < 1.29 is 0 Å². The van der Waals surface area contributed by atoms with Crippen molar-refractivity contribution in [3.63, 3.8) is 0 Å². The molecular weight excluding hydrogens is 324 g/mol. The number of fused-ring (bicyclic) bond motifs is 1. The minimum absolute atomic E-state index is 0.00296. The van der Waals surface area contributed by atoms with E-state index in [1.54, 1.807) is 6.20 Å². The molecule has 15 heavy (non-hydrogen) atoms. The Morgan fingerprint density at radius 1 is 1.40 bits per heavy atom. The summed E-state index contributed by atoms with van der Waals surface area (Å²) in [7, 11) is 0. The van der Waals surface area contributed by atoms with Crippen LogP contribution in [0.15, 0.2) is 12.4 Å². The van der Waals surface area contributed by atoms with Crippen LogP contribution in [0.5, 0.6) is 0 Å². The van der Waals surface area contributed by atoms with Gasteiger partial charge in [0.2, 0.25) is 0 Å².